The second-order valence-corrected chi connectivity index (χ2v) is 3.37. The quantitative estimate of drug-likeness (QED) is 0.477. The van der Waals surface area contributed by atoms with Crippen LogP contribution in [0.4, 0.5) is 4.79 Å². The summed E-state index contributed by atoms with van der Waals surface area (Å²) in [5, 5.41) is 5.95. The van der Waals surface area contributed by atoms with E-state index in [9.17, 15) is 4.79 Å². The molecule has 2 N–H and O–H groups in total. The van der Waals surface area contributed by atoms with Gasteiger partial charge in [-0.3, -0.25) is 0 Å². The summed E-state index contributed by atoms with van der Waals surface area (Å²) in [6.45, 7) is 9.34. The maximum atomic E-state index is 10.9. The van der Waals surface area contributed by atoms with Crippen molar-refractivity contribution in [1.82, 2.24) is 10.6 Å². The summed E-state index contributed by atoms with van der Waals surface area (Å²) in [5.41, 5.74) is 0. The zero-order valence-corrected chi connectivity index (χ0v) is 9.71. The van der Waals surface area contributed by atoms with E-state index in [0.717, 1.165) is 19.4 Å². The first-order chi connectivity index (χ1) is 7.20. The lowest BCUT2D eigenvalue weighted by Gasteiger charge is -2.12. The Bertz CT molecular complexity index is 183. The van der Waals surface area contributed by atoms with Crippen LogP contribution in [0.1, 0.15) is 26.7 Å². The van der Waals surface area contributed by atoms with Crippen molar-refractivity contribution >= 4 is 6.09 Å². The maximum absolute atomic E-state index is 10.9. The molecule has 0 aromatic heterocycles. The number of ether oxygens (including phenoxy) is 1. The average Bonchev–Trinajstić information content (AvgIpc) is 2.22. The molecule has 0 aliphatic rings. The van der Waals surface area contributed by atoms with Crippen LogP contribution in [0.5, 0.6) is 0 Å². The fourth-order valence-electron chi connectivity index (χ4n) is 1.14. The highest BCUT2D eigenvalue weighted by Gasteiger charge is 2.01. The molecule has 0 saturated carbocycles. The number of amides is 1. The lowest BCUT2D eigenvalue weighted by molar-refractivity contribution is 0.152. The van der Waals surface area contributed by atoms with Crippen molar-refractivity contribution in [3.8, 4) is 0 Å². The number of rotatable bonds is 8. The third-order valence-corrected chi connectivity index (χ3v) is 1.97. The molecule has 0 radical (unpaired) electrons. The molecule has 0 fully saturated rings. The van der Waals surface area contributed by atoms with E-state index in [4.69, 9.17) is 4.74 Å². The lowest BCUT2D eigenvalue weighted by atomic mass is 10.2. The minimum atomic E-state index is -0.349. The van der Waals surface area contributed by atoms with Gasteiger partial charge in [0.2, 0.25) is 0 Å². The molecule has 1 amide bonds. The molecule has 1 atom stereocenters. The molecule has 0 saturated heterocycles. The number of carbonyl (C=O) groups excluding carboxylic acids is 1. The summed E-state index contributed by atoms with van der Waals surface area (Å²) in [6.07, 6.45) is 3.65. The Kier molecular flexibility index (Phi) is 8.87. The predicted molar refractivity (Wildman–Crippen MR) is 61.9 cm³/mol. The fourth-order valence-corrected chi connectivity index (χ4v) is 1.14. The first kappa shape index (κ1) is 14.0. The molecular formula is C11H22N2O2. The Balaban J connectivity index is 3.29. The van der Waals surface area contributed by atoms with Gasteiger partial charge in [-0.2, -0.15) is 0 Å². The Hall–Kier alpha value is -1.03. The highest BCUT2D eigenvalue weighted by atomic mass is 16.5. The van der Waals surface area contributed by atoms with Crippen LogP contribution in [0, 0.1) is 0 Å². The van der Waals surface area contributed by atoms with Crippen LogP contribution in [0.15, 0.2) is 12.7 Å². The van der Waals surface area contributed by atoms with Crippen LogP contribution in [-0.4, -0.2) is 31.8 Å². The SMILES string of the molecule is C=CCCC(C)NCCNC(=O)OCC. The van der Waals surface area contributed by atoms with Crippen LogP contribution in [0.2, 0.25) is 0 Å². The third-order valence-electron chi connectivity index (χ3n) is 1.97. The summed E-state index contributed by atoms with van der Waals surface area (Å²) in [4.78, 5) is 10.9. The second kappa shape index (κ2) is 9.52. The van der Waals surface area contributed by atoms with E-state index in [1.165, 1.54) is 0 Å². The highest BCUT2D eigenvalue weighted by Crippen LogP contribution is 1.95. The van der Waals surface area contributed by atoms with Gasteiger partial charge in [0.05, 0.1) is 6.61 Å². The highest BCUT2D eigenvalue weighted by molar-refractivity contribution is 5.66. The van der Waals surface area contributed by atoms with E-state index in [-0.39, 0.29) is 6.09 Å². The van der Waals surface area contributed by atoms with E-state index in [1.54, 1.807) is 6.92 Å². The Morgan fingerprint density at radius 1 is 1.53 bits per heavy atom. The van der Waals surface area contributed by atoms with Gasteiger partial charge in [0.15, 0.2) is 0 Å². The summed E-state index contributed by atoms with van der Waals surface area (Å²) in [5.74, 6) is 0. The number of nitrogens with one attached hydrogen (secondary N) is 2. The monoisotopic (exact) mass is 214 g/mol. The van der Waals surface area contributed by atoms with Crippen molar-refractivity contribution in [2.24, 2.45) is 0 Å². The van der Waals surface area contributed by atoms with E-state index in [1.807, 2.05) is 6.08 Å². The Morgan fingerprint density at radius 2 is 2.27 bits per heavy atom. The number of hydrogen-bond donors (Lipinski definition) is 2. The topological polar surface area (TPSA) is 50.4 Å². The minimum absolute atomic E-state index is 0.349. The number of alkyl carbamates (subject to hydrolysis) is 1. The number of hydrogen-bond acceptors (Lipinski definition) is 3. The molecule has 15 heavy (non-hydrogen) atoms. The van der Waals surface area contributed by atoms with Crippen molar-refractivity contribution in [3.05, 3.63) is 12.7 Å². The molecule has 4 heteroatoms. The summed E-state index contributed by atoms with van der Waals surface area (Å²) < 4.78 is 4.72. The van der Waals surface area contributed by atoms with Crippen LogP contribution >= 0.6 is 0 Å². The minimum Gasteiger partial charge on any atom is -0.450 e. The van der Waals surface area contributed by atoms with Gasteiger partial charge in [0.25, 0.3) is 0 Å². The maximum Gasteiger partial charge on any atom is 0.407 e. The zero-order chi connectivity index (χ0) is 11.5. The molecule has 0 rings (SSSR count). The van der Waals surface area contributed by atoms with E-state index >= 15 is 0 Å². The second-order valence-electron chi connectivity index (χ2n) is 3.37. The van der Waals surface area contributed by atoms with Crippen molar-refractivity contribution < 1.29 is 9.53 Å². The first-order valence-electron chi connectivity index (χ1n) is 5.45. The molecule has 4 nitrogen and oxygen atoms in total. The summed E-state index contributed by atoms with van der Waals surface area (Å²) in [7, 11) is 0. The van der Waals surface area contributed by atoms with Crippen LogP contribution in [0.3, 0.4) is 0 Å². The molecule has 0 bridgehead atoms. The van der Waals surface area contributed by atoms with Crippen molar-refractivity contribution in [2.45, 2.75) is 32.7 Å². The summed E-state index contributed by atoms with van der Waals surface area (Å²) in [6, 6.07) is 0.451. The molecule has 1 unspecified atom stereocenters. The van der Waals surface area contributed by atoms with Crippen LogP contribution in [0.25, 0.3) is 0 Å². The lowest BCUT2D eigenvalue weighted by Crippen LogP contribution is -2.35. The van der Waals surface area contributed by atoms with Gasteiger partial charge < -0.3 is 15.4 Å². The van der Waals surface area contributed by atoms with Crippen molar-refractivity contribution in [2.75, 3.05) is 19.7 Å². The van der Waals surface area contributed by atoms with Gasteiger partial charge >= 0.3 is 6.09 Å². The van der Waals surface area contributed by atoms with Crippen molar-refractivity contribution in [1.29, 1.82) is 0 Å². The van der Waals surface area contributed by atoms with E-state index in [2.05, 4.69) is 24.1 Å². The smallest absolute Gasteiger partial charge is 0.407 e. The number of allylic oxidation sites excluding steroid dienone is 1. The first-order valence-corrected chi connectivity index (χ1v) is 5.45. The van der Waals surface area contributed by atoms with Crippen molar-refractivity contribution in [3.63, 3.8) is 0 Å². The molecule has 0 aromatic carbocycles. The van der Waals surface area contributed by atoms with E-state index < -0.39 is 0 Å². The molecule has 0 spiro atoms. The van der Waals surface area contributed by atoms with Gasteiger partial charge in [-0.1, -0.05) is 6.08 Å². The number of carbonyl (C=O) groups is 1. The molecule has 0 aliphatic carbocycles. The Morgan fingerprint density at radius 3 is 2.87 bits per heavy atom. The summed E-state index contributed by atoms with van der Waals surface area (Å²) >= 11 is 0. The zero-order valence-electron chi connectivity index (χ0n) is 9.71. The van der Waals surface area contributed by atoms with Crippen LogP contribution < -0.4 is 10.6 Å². The van der Waals surface area contributed by atoms with Gasteiger partial charge in [-0.15, -0.1) is 6.58 Å². The molecule has 0 aromatic rings. The van der Waals surface area contributed by atoms with Gasteiger partial charge in [0, 0.05) is 19.1 Å². The predicted octanol–water partition coefficient (Wildman–Crippen LogP) is 1.68. The normalized spacial score (nSPS) is 11.9. The third kappa shape index (κ3) is 9.28. The van der Waals surface area contributed by atoms with E-state index in [0.29, 0.717) is 19.2 Å². The largest absolute Gasteiger partial charge is 0.450 e. The fraction of sp³-hybridized carbons (Fsp3) is 0.727. The molecule has 88 valence electrons. The van der Waals surface area contributed by atoms with Gasteiger partial charge in [-0.05, 0) is 26.7 Å². The molecule has 0 heterocycles. The van der Waals surface area contributed by atoms with Crippen LogP contribution in [-0.2, 0) is 4.74 Å². The Labute approximate surface area is 92.1 Å². The molecular weight excluding hydrogens is 192 g/mol. The van der Waals surface area contributed by atoms with Gasteiger partial charge in [-0.25, -0.2) is 4.79 Å². The van der Waals surface area contributed by atoms with Gasteiger partial charge in [0.1, 0.15) is 0 Å². The molecule has 0 aliphatic heterocycles. The average molecular weight is 214 g/mol. The standard InChI is InChI=1S/C11H22N2O2/c1-4-6-7-10(3)12-8-9-13-11(14)15-5-2/h4,10,12H,1,5-9H2,2-3H3,(H,13,14).